The summed E-state index contributed by atoms with van der Waals surface area (Å²) in [5.74, 6) is 1.42. The molecule has 0 spiro atoms. The van der Waals surface area contributed by atoms with Crippen molar-refractivity contribution >= 4 is 42.2 Å². The van der Waals surface area contributed by atoms with E-state index in [1.54, 1.807) is 43.8 Å². The van der Waals surface area contributed by atoms with E-state index in [-0.39, 0.29) is 5.25 Å². The highest BCUT2D eigenvalue weighted by Gasteiger charge is 2.32. The van der Waals surface area contributed by atoms with Crippen LogP contribution in [-0.2, 0) is 9.84 Å². The third-order valence-electron chi connectivity index (χ3n) is 5.42. The van der Waals surface area contributed by atoms with Crippen LogP contribution in [0.15, 0.2) is 57.2 Å². The Morgan fingerprint density at radius 1 is 1.06 bits per heavy atom. The standard InChI is InChI=1S/C22H23BrN2O4S2/c1-28-17-10-15(11-18(13-17)29-2)21-14-30-22(24-21)25-8-6-19(7-9-25)31(26,27)20-5-3-4-16(23)12-20/h3-5,10-14,19H,6-9H2,1-2H3. The lowest BCUT2D eigenvalue weighted by Crippen LogP contribution is -2.39. The zero-order valence-electron chi connectivity index (χ0n) is 17.2. The molecule has 1 fully saturated rings. The van der Waals surface area contributed by atoms with Gasteiger partial charge in [-0.1, -0.05) is 22.0 Å². The Balaban J connectivity index is 1.48. The first-order valence-electron chi connectivity index (χ1n) is 9.84. The molecule has 0 atom stereocenters. The van der Waals surface area contributed by atoms with Crippen molar-refractivity contribution in [2.45, 2.75) is 23.0 Å². The van der Waals surface area contributed by atoms with Gasteiger partial charge >= 0.3 is 0 Å². The van der Waals surface area contributed by atoms with E-state index >= 15 is 0 Å². The van der Waals surface area contributed by atoms with Crippen molar-refractivity contribution in [2.24, 2.45) is 0 Å². The van der Waals surface area contributed by atoms with Crippen LogP contribution >= 0.6 is 27.3 Å². The van der Waals surface area contributed by atoms with Crippen LogP contribution in [0.1, 0.15) is 12.8 Å². The zero-order valence-corrected chi connectivity index (χ0v) is 20.5. The minimum Gasteiger partial charge on any atom is -0.497 e. The molecule has 1 saturated heterocycles. The second-order valence-corrected chi connectivity index (χ2v) is 11.3. The van der Waals surface area contributed by atoms with Crippen LogP contribution in [0, 0.1) is 0 Å². The molecule has 0 unspecified atom stereocenters. The van der Waals surface area contributed by atoms with E-state index < -0.39 is 9.84 Å². The lowest BCUT2D eigenvalue weighted by Gasteiger charge is -2.31. The molecule has 0 N–H and O–H groups in total. The maximum atomic E-state index is 13.0. The number of sulfone groups is 1. The van der Waals surface area contributed by atoms with Gasteiger partial charge < -0.3 is 14.4 Å². The van der Waals surface area contributed by atoms with Gasteiger partial charge in [-0.15, -0.1) is 11.3 Å². The Bertz CT molecular complexity index is 1150. The van der Waals surface area contributed by atoms with E-state index in [0.29, 0.717) is 42.3 Å². The predicted molar refractivity (Wildman–Crippen MR) is 127 cm³/mol. The molecule has 31 heavy (non-hydrogen) atoms. The summed E-state index contributed by atoms with van der Waals surface area (Å²) in [6.07, 6.45) is 1.16. The van der Waals surface area contributed by atoms with E-state index in [9.17, 15) is 8.42 Å². The Kier molecular flexibility index (Phi) is 6.55. The van der Waals surface area contributed by atoms with Crippen molar-refractivity contribution in [3.63, 3.8) is 0 Å². The summed E-state index contributed by atoms with van der Waals surface area (Å²) in [5, 5.41) is 2.53. The number of piperidine rings is 1. The molecule has 9 heteroatoms. The maximum Gasteiger partial charge on any atom is 0.185 e. The SMILES string of the molecule is COc1cc(OC)cc(-c2csc(N3CCC(S(=O)(=O)c4cccc(Br)c4)CC3)n2)c1. The molecular formula is C22H23BrN2O4S2. The lowest BCUT2D eigenvalue weighted by molar-refractivity contribution is 0.394. The lowest BCUT2D eigenvalue weighted by atomic mass is 10.1. The molecule has 1 aliphatic rings. The van der Waals surface area contributed by atoms with Gasteiger partial charge in [-0.05, 0) is 43.2 Å². The van der Waals surface area contributed by atoms with Gasteiger partial charge in [-0.2, -0.15) is 0 Å². The fourth-order valence-corrected chi connectivity index (χ4v) is 6.91. The smallest absolute Gasteiger partial charge is 0.185 e. The Morgan fingerprint density at radius 2 is 1.74 bits per heavy atom. The number of thiazole rings is 1. The van der Waals surface area contributed by atoms with Gasteiger partial charge in [0.15, 0.2) is 15.0 Å². The van der Waals surface area contributed by atoms with E-state index in [4.69, 9.17) is 14.5 Å². The Labute approximate surface area is 194 Å². The number of benzene rings is 2. The summed E-state index contributed by atoms with van der Waals surface area (Å²) in [5.41, 5.74) is 1.77. The van der Waals surface area contributed by atoms with E-state index in [2.05, 4.69) is 20.8 Å². The largest absolute Gasteiger partial charge is 0.497 e. The number of halogens is 1. The average Bonchev–Trinajstić information content (AvgIpc) is 3.29. The number of rotatable bonds is 6. The van der Waals surface area contributed by atoms with Crippen LogP contribution in [0.4, 0.5) is 5.13 Å². The first-order chi connectivity index (χ1) is 14.9. The van der Waals surface area contributed by atoms with Gasteiger partial charge in [-0.3, -0.25) is 0 Å². The minimum absolute atomic E-state index is 0.375. The molecule has 164 valence electrons. The number of anilines is 1. The Hall–Kier alpha value is -2.10. The van der Waals surface area contributed by atoms with Crippen LogP contribution in [0.2, 0.25) is 0 Å². The van der Waals surface area contributed by atoms with Crippen molar-refractivity contribution < 1.29 is 17.9 Å². The fourth-order valence-electron chi connectivity index (χ4n) is 3.69. The van der Waals surface area contributed by atoms with Crippen molar-refractivity contribution in [1.82, 2.24) is 4.98 Å². The number of methoxy groups -OCH3 is 2. The summed E-state index contributed by atoms with van der Waals surface area (Å²) in [7, 11) is -0.100. The van der Waals surface area contributed by atoms with Gasteiger partial charge in [0, 0.05) is 34.6 Å². The monoisotopic (exact) mass is 522 g/mol. The van der Waals surface area contributed by atoms with E-state index in [1.807, 2.05) is 29.6 Å². The van der Waals surface area contributed by atoms with Gasteiger partial charge in [0.2, 0.25) is 0 Å². The topological polar surface area (TPSA) is 68.7 Å². The van der Waals surface area contributed by atoms with Crippen LogP contribution in [0.3, 0.4) is 0 Å². The fraction of sp³-hybridized carbons (Fsp3) is 0.318. The molecule has 0 radical (unpaired) electrons. The molecule has 4 rings (SSSR count). The normalized spacial score (nSPS) is 15.1. The number of hydrogen-bond donors (Lipinski definition) is 0. The average molecular weight is 523 g/mol. The van der Waals surface area contributed by atoms with Gasteiger partial charge in [0.05, 0.1) is 30.1 Å². The van der Waals surface area contributed by atoms with Gasteiger partial charge in [0.1, 0.15) is 11.5 Å². The highest BCUT2D eigenvalue weighted by molar-refractivity contribution is 9.10. The second kappa shape index (κ2) is 9.18. The van der Waals surface area contributed by atoms with Crippen LogP contribution in [-0.4, -0.2) is 46.0 Å². The molecule has 0 aliphatic carbocycles. The zero-order chi connectivity index (χ0) is 22.0. The molecule has 2 heterocycles. The molecule has 1 aliphatic heterocycles. The van der Waals surface area contributed by atoms with E-state index in [1.165, 1.54) is 0 Å². The number of ether oxygens (including phenoxy) is 2. The molecule has 0 saturated carbocycles. The van der Waals surface area contributed by atoms with Crippen molar-refractivity contribution in [2.75, 3.05) is 32.2 Å². The molecule has 1 aromatic heterocycles. The van der Waals surface area contributed by atoms with Gasteiger partial charge in [0.25, 0.3) is 0 Å². The van der Waals surface area contributed by atoms with Crippen molar-refractivity contribution in [1.29, 1.82) is 0 Å². The highest BCUT2D eigenvalue weighted by Crippen LogP contribution is 2.34. The molecular weight excluding hydrogens is 500 g/mol. The number of hydrogen-bond acceptors (Lipinski definition) is 7. The van der Waals surface area contributed by atoms with Crippen LogP contribution in [0.25, 0.3) is 11.3 Å². The first-order valence-corrected chi connectivity index (χ1v) is 13.1. The maximum absolute atomic E-state index is 13.0. The van der Waals surface area contributed by atoms with Gasteiger partial charge in [-0.25, -0.2) is 13.4 Å². The van der Waals surface area contributed by atoms with Crippen molar-refractivity contribution in [3.05, 3.63) is 52.3 Å². The summed E-state index contributed by atoms with van der Waals surface area (Å²) in [4.78, 5) is 7.33. The quantitative estimate of drug-likeness (QED) is 0.452. The summed E-state index contributed by atoms with van der Waals surface area (Å²) in [6, 6.07) is 12.6. The molecule has 3 aromatic rings. The highest BCUT2D eigenvalue weighted by atomic mass is 79.9. The Morgan fingerprint density at radius 3 is 2.35 bits per heavy atom. The summed E-state index contributed by atoms with van der Waals surface area (Å²) >= 11 is 4.93. The minimum atomic E-state index is -3.34. The molecule has 2 aromatic carbocycles. The van der Waals surface area contributed by atoms with Crippen LogP contribution in [0.5, 0.6) is 11.5 Å². The molecule has 0 bridgehead atoms. The van der Waals surface area contributed by atoms with Crippen LogP contribution < -0.4 is 14.4 Å². The second-order valence-electron chi connectivity index (χ2n) is 7.31. The molecule has 6 nitrogen and oxygen atoms in total. The number of aromatic nitrogens is 1. The summed E-state index contributed by atoms with van der Waals surface area (Å²) in [6.45, 7) is 1.32. The summed E-state index contributed by atoms with van der Waals surface area (Å²) < 4.78 is 37.5. The molecule has 0 amide bonds. The first kappa shape index (κ1) is 22.1. The third-order valence-corrected chi connectivity index (χ3v) is 9.07. The van der Waals surface area contributed by atoms with Crippen molar-refractivity contribution in [3.8, 4) is 22.8 Å². The van der Waals surface area contributed by atoms with E-state index in [0.717, 1.165) is 20.9 Å². The predicted octanol–water partition coefficient (Wildman–Crippen LogP) is 5.03. The number of nitrogens with zero attached hydrogens (tertiary/aromatic N) is 2. The third kappa shape index (κ3) is 4.73.